The third-order valence-corrected chi connectivity index (χ3v) is 5.65. The summed E-state index contributed by atoms with van der Waals surface area (Å²) in [6.45, 7) is 4.22. The second-order valence-corrected chi connectivity index (χ2v) is 7.72. The minimum Gasteiger partial charge on any atom is -0.494 e. The van der Waals surface area contributed by atoms with Crippen molar-refractivity contribution in [2.45, 2.75) is 32.7 Å². The number of hydrogen-bond donors (Lipinski definition) is 2. The molecule has 1 atom stereocenters. The summed E-state index contributed by atoms with van der Waals surface area (Å²) in [5, 5.41) is 25.4. The lowest BCUT2D eigenvalue weighted by molar-refractivity contribution is 0.0757. The second-order valence-electron chi connectivity index (χ2n) is 7.72. The van der Waals surface area contributed by atoms with E-state index < -0.39 is 0 Å². The van der Waals surface area contributed by atoms with E-state index in [9.17, 15) is 9.90 Å². The Morgan fingerprint density at radius 2 is 2.14 bits per heavy atom. The number of carbonyl (C=O) groups is 1. The fourth-order valence-electron chi connectivity index (χ4n) is 3.78. The lowest BCUT2D eigenvalue weighted by Gasteiger charge is -2.13. The normalized spacial score (nSPS) is 15.1. The van der Waals surface area contributed by atoms with Gasteiger partial charge in [-0.25, -0.2) is 0 Å². The van der Waals surface area contributed by atoms with Gasteiger partial charge in [0.2, 0.25) is 0 Å². The summed E-state index contributed by atoms with van der Waals surface area (Å²) in [7, 11) is 1.61. The average Bonchev–Trinajstić information content (AvgIpc) is 3.30. The van der Waals surface area contributed by atoms with E-state index in [2.05, 4.69) is 12.1 Å². The zero-order valence-corrected chi connectivity index (χ0v) is 16.3. The molecule has 1 aliphatic rings. The lowest BCUT2D eigenvalue weighted by atomic mass is 10.0. The summed E-state index contributed by atoms with van der Waals surface area (Å²) < 4.78 is 7.36. The van der Waals surface area contributed by atoms with Crippen LogP contribution in [0.25, 0.3) is 22.1 Å². The third-order valence-electron chi connectivity index (χ3n) is 5.65. The Balaban J connectivity index is 1.69. The van der Waals surface area contributed by atoms with Gasteiger partial charge in [0, 0.05) is 48.2 Å². The van der Waals surface area contributed by atoms with E-state index in [1.54, 1.807) is 13.1 Å². The van der Waals surface area contributed by atoms with Crippen LogP contribution in [0.4, 0.5) is 0 Å². The first-order valence-corrected chi connectivity index (χ1v) is 9.58. The Kier molecular flexibility index (Phi) is 4.63. The zero-order valence-electron chi connectivity index (χ0n) is 16.3. The lowest BCUT2D eigenvalue weighted by Crippen LogP contribution is -2.29. The fourth-order valence-corrected chi connectivity index (χ4v) is 3.78. The van der Waals surface area contributed by atoms with Crippen LogP contribution in [0.5, 0.6) is 5.88 Å². The standard InChI is InChI=1S/C21H25N3O4/c1-12-8-15(18-10-17(22-28-18)20(26)23(3)6-7-25)9-16-11-24(21(27)19(12)16)13(2)14-4-5-14/h8-11,13-14,25,27H,4-7H2,1-3H3/t13-/m0/s1. The Hall–Kier alpha value is -2.80. The fraction of sp³-hybridized carbons (Fsp3) is 0.429. The summed E-state index contributed by atoms with van der Waals surface area (Å²) in [5.41, 5.74) is 1.94. The van der Waals surface area contributed by atoms with Crippen molar-refractivity contribution in [1.82, 2.24) is 14.6 Å². The minimum atomic E-state index is -0.302. The van der Waals surface area contributed by atoms with Gasteiger partial charge in [-0.05, 0) is 50.3 Å². The largest absolute Gasteiger partial charge is 0.494 e. The number of rotatable bonds is 6. The topological polar surface area (TPSA) is 91.7 Å². The van der Waals surface area contributed by atoms with E-state index in [-0.39, 0.29) is 30.8 Å². The highest BCUT2D eigenvalue weighted by molar-refractivity contribution is 5.95. The number of aromatic nitrogens is 2. The van der Waals surface area contributed by atoms with Crippen molar-refractivity contribution in [1.29, 1.82) is 0 Å². The molecule has 0 aliphatic heterocycles. The predicted molar refractivity (Wildman–Crippen MR) is 105 cm³/mol. The van der Waals surface area contributed by atoms with Crippen molar-refractivity contribution in [3.8, 4) is 17.2 Å². The third kappa shape index (κ3) is 3.16. The molecule has 1 aromatic carbocycles. The summed E-state index contributed by atoms with van der Waals surface area (Å²) in [6, 6.07) is 5.76. The molecule has 3 aromatic rings. The molecular formula is C21H25N3O4. The second kappa shape index (κ2) is 6.98. The molecule has 4 rings (SSSR count). The van der Waals surface area contributed by atoms with Crippen molar-refractivity contribution in [3.05, 3.63) is 35.7 Å². The molecule has 0 spiro atoms. The van der Waals surface area contributed by atoms with Crippen LogP contribution in [0.3, 0.4) is 0 Å². The molecule has 1 aliphatic carbocycles. The van der Waals surface area contributed by atoms with Crippen molar-refractivity contribution in [2.24, 2.45) is 5.92 Å². The van der Waals surface area contributed by atoms with Crippen LogP contribution in [0.15, 0.2) is 28.9 Å². The number of likely N-dealkylation sites (N-methyl/N-ethyl adjacent to an activating group) is 1. The van der Waals surface area contributed by atoms with Gasteiger partial charge in [0.25, 0.3) is 5.91 Å². The van der Waals surface area contributed by atoms with Crippen molar-refractivity contribution in [3.63, 3.8) is 0 Å². The summed E-state index contributed by atoms with van der Waals surface area (Å²) in [6.07, 6.45) is 4.40. The number of hydrogen-bond acceptors (Lipinski definition) is 5. The Labute approximate surface area is 163 Å². The van der Waals surface area contributed by atoms with Crippen LogP contribution in [0, 0.1) is 12.8 Å². The molecule has 2 aromatic heterocycles. The van der Waals surface area contributed by atoms with Crippen molar-refractivity contribution in [2.75, 3.05) is 20.2 Å². The Morgan fingerprint density at radius 3 is 2.82 bits per heavy atom. The van der Waals surface area contributed by atoms with Gasteiger partial charge in [-0.2, -0.15) is 0 Å². The summed E-state index contributed by atoms with van der Waals surface area (Å²) in [5.74, 6) is 1.13. The smallest absolute Gasteiger partial charge is 0.275 e. The molecule has 0 unspecified atom stereocenters. The molecule has 2 heterocycles. The molecule has 0 radical (unpaired) electrons. The molecule has 0 saturated heterocycles. The van der Waals surface area contributed by atoms with Gasteiger partial charge >= 0.3 is 0 Å². The van der Waals surface area contributed by atoms with Gasteiger partial charge < -0.3 is 24.2 Å². The van der Waals surface area contributed by atoms with Crippen LogP contribution in [0.2, 0.25) is 0 Å². The van der Waals surface area contributed by atoms with E-state index in [0.717, 1.165) is 21.9 Å². The molecule has 7 heteroatoms. The number of aliphatic hydroxyl groups excluding tert-OH is 1. The monoisotopic (exact) mass is 383 g/mol. The maximum absolute atomic E-state index is 12.3. The van der Waals surface area contributed by atoms with Crippen molar-refractivity contribution < 1.29 is 19.5 Å². The molecule has 148 valence electrons. The van der Waals surface area contributed by atoms with Gasteiger partial charge in [0.15, 0.2) is 17.3 Å². The van der Waals surface area contributed by atoms with Gasteiger partial charge in [-0.15, -0.1) is 0 Å². The van der Waals surface area contributed by atoms with E-state index >= 15 is 0 Å². The van der Waals surface area contributed by atoms with Crippen molar-refractivity contribution >= 4 is 16.7 Å². The Morgan fingerprint density at radius 1 is 1.39 bits per heavy atom. The number of aromatic hydroxyl groups is 1. The van der Waals surface area contributed by atoms with Crippen LogP contribution < -0.4 is 0 Å². The molecular weight excluding hydrogens is 358 g/mol. The van der Waals surface area contributed by atoms with Gasteiger partial charge in [0.05, 0.1) is 6.61 Å². The van der Waals surface area contributed by atoms with Gasteiger partial charge in [0.1, 0.15) is 0 Å². The highest BCUT2D eigenvalue weighted by atomic mass is 16.5. The van der Waals surface area contributed by atoms with Crippen LogP contribution >= 0.6 is 0 Å². The minimum absolute atomic E-state index is 0.109. The van der Waals surface area contributed by atoms with E-state index in [0.29, 0.717) is 17.6 Å². The first kappa shape index (κ1) is 18.6. The van der Waals surface area contributed by atoms with Gasteiger partial charge in [-0.3, -0.25) is 4.79 Å². The first-order valence-electron chi connectivity index (χ1n) is 9.58. The maximum Gasteiger partial charge on any atom is 0.275 e. The number of aryl methyl sites for hydroxylation is 1. The molecule has 1 amide bonds. The maximum atomic E-state index is 12.3. The highest BCUT2D eigenvalue weighted by Crippen LogP contribution is 2.44. The van der Waals surface area contributed by atoms with Crippen LogP contribution in [0.1, 0.15) is 41.9 Å². The summed E-state index contributed by atoms with van der Waals surface area (Å²) >= 11 is 0. The number of benzene rings is 1. The molecule has 1 saturated carbocycles. The highest BCUT2D eigenvalue weighted by Gasteiger charge is 2.31. The van der Waals surface area contributed by atoms with Crippen LogP contribution in [-0.4, -0.2) is 50.9 Å². The number of amides is 1. The zero-order chi connectivity index (χ0) is 20.0. The molecule has 7 nitrogen and oxygen atoms in total. The number of carbonyl (C=O) groups excluding carboxylic acids is 1. The van der Waals surface area contributed by atoms with E-state index in [4.69, 9.17) is 9.63 Å². The average molecular weight is 383 g/mol. The Bertz CT molecular complexity index is 1030. The van der Waals surface area contributed by atoms with E-state index in [1.807, 2.05) is 29.8 Å². The number of aliphatic hydroxyl groups is 1. The molecule has 1 fully saturated rings. The van der Waals surface area contributed by atoms with Crippen LogP contribution in [-0.2, 0) is 0 Å². The van der Waals surface area contributed by atoms with Gasteiger partial charge in [-0.1, -0.05) is 5.16 Å². The van der Waals surface area contributed by atoms with E-state index in [1.165, 1.54) is 17.7 Å². The quantitative estimate of drug-likeness (QED) is 0.681. The molecule has 28 heavy (non-hydrogen) atoms. The number of nitrogens with zero attached hydrogens (tertiary/aromatic N) is 3. The molecule has 2 N–H and O–H groups in total. The predicted octanol–water partition coefficient (Wildman–Crippen LogP) is 3.35. The first-order chi connectivity index (χ1) is 13.4. The SMILES string of the molecule is Cc1cc(-c2cc(C(=O)N(C)CCO)no2)cc2cn([C@@H](C)C3CC3)c(O)c12. The number of fused-ring (bicyclic) bond motifs is 1. The summed E-state index contributed by atoms with van der Waals surface area (Å²) in [4.78, 5) is 13.7. The molecule has 0 bridgehead atoms.